The Balaban J connectivity index is 1.80. The molecule has 0 N–H and O–H groups in total. The first-order valence-electron chi connectivity index (χ1n) is 7.47. The van der Waals surface area contributed by atoms with Crippen molar-refractivity contribution >= 4 is 29.5 Å². The molecule has 1 aliphatic rings. The number of amides is 1. The van der Waals surface area contributed by atoms with Crippen molar-refractivity contribution in [2.75, 3.05) is 11.6 Å². The normalized spacial score (nSPS) is 18.0. The molecule has 0 spiro atoms. The SMILES string of the molecule is CC(C)(C)OC(=O)N1CSCC1c1nnn(-c2cccc(Cl)c2)n1. The number of hydrogen-bond acceptors (Lipinski definition) is 6. The molecule has 128 valence electrons. The lowest BCUT2D eigenvalue weighted by Crippen LogP contribution is -2.37. The fraction of sp³-hybridized carbons (Fsp3) is 0.467. The van der Waals surface area contributed by atoms with E-state index in [0.717, 1.165) is 5.69 Å². The molecule has 1 unspecified atom stereocenters. The topological polar surface area (TPSA) is 73.1 Å². The van der Waals surface area contributed by atoms with Crippen LogP contribution in [0, 0.1) is 0 Å². The minimum absolute atomic E-state index is 0.252. The highest BCUT2D eigenvalue weighted by molar-refractivity contribution is 7.99. The average Bonchev–Trinajstić information content (AvgIpc) is 3.14. The van der Waals surface area contributed by atoms with E-state index < -0.39 is 5.60 Å². The summed E-state index contributed by atoms with van der Waals surface area (Å²) in [5, 5.41) is 13.2. The fourth-order valence-corrected chi connectivity index (χ4v) is 3.55. The van der Waals surface area contributed by atoms with Crippen molar-refractivity contribution in [1.82, 2.24) is 25.1 Å². The van der Waals surface area contributed by atoms with Gasteiger partial charge in [0, 0.05) is 10.8 Å². The van der Waals surface area contributed by atoms with Crippen LogP contribution in [-0.2, 0) is 4.74 Å². The van der Waals surface area contributed by atoms with Crippen LogP contribution in [0.1, 0.15) is 32.6 Å². The van der Waals surface area contributed by atoms with E-state index in [1.54, 1.807) is 28.8 Å². The molecule has 1 fully saturated rings. The Kier molecular flexibility index (Phi) is 4.69. The summed E-state index contributed by atoms with van der Waals surface area (Å²) in [6.07, 6.45) is -0.364. The molecule has 3 rings (SSSR count). The van der Waals surface area contributed by atoms with Gasteiger partial charge in [-0.2, -0.15) is 0 Å². The van der Waals surface area contributed by atoms with Gasteiger partial charge in [-0.15, -0.1) is 26.8 Å². The summed E-state index contributed by atoms with van der Waals surface area (Å²) >= 11 is 7.63. The summed E-state index contributed by atoms with van der Waals surface area (Å²) in [4.78, 5) is 15.4. The van der Waals surface area contributed by atoms with Gasteiger partial charge >= 0.3 is 6.09 Å². The van der Waals surface area contributed by atoms with Gasteiger partial charge < -0.3 is 4.74 Å². The smallest absolute Gasteiger partial charge is 0.411 e. The van der Waals surface area contributed by atoms with Gasteiger partial charge in [0.15, 0.2) is 5.82 Å². The zero-order chi connectivity index (χ0) is 17.3. The van der Waals surface area contributed by atoms with Gasteiger partial charge in [-0.25, -0.2) is 4.79 Å². The van der Waals surface area contributed by atoms with Crippen LogP contribution in [-0.4, -0.2) is 48.4 Å². The van der Waals surface area contributed by atoms with Gasteiger partial charge in [-0.1, -0.05) is 17.7 Å². The number of halogens is 1. The van der Waals surface area contributed by atoms with E-state index in [2.05, 4.69) is 15.4 Å². The Morgan fingerprint density at radius 2 is 2.21 bits per heavy atom. The van der Waals surface area contributed by atoms with Crippen molar-refractivity contribution < 1.29 is 9.53 Å². The van der Waals surface area contributed by atoms with Gasteiger partial charge in [-0.05, 0) is 44.2 Å². The molecule has 0 radical (unpaired) electrons. The zero-order valence-electron chi connectivity index (χ0n) is 13.6. The minimum Gasteiger partial charge on any atom is -0.444 e. The highest BCUT2D eigenvalue weighted by Crippen LogP contribution is 2.32. The number of aromatic nitrogens is 4. The van der Waals surface area contributed by atoms with Crippen LogP contribution in [0.3, 0.4) is 0 Å². The highest BCUT2D eigenvalue weighted by atomic mass is 35.5. The lowest BCUT2D eigenvalue weighted by molar-refractivity contribution is 0.0232. The number of rotatable bonds is 2. The number of ether oxygens (including phenoxy) is 1. The first-order valence-corrected chi connectivity index (χ1v) is 9.00. The monoisotopic (exact) mass is 367 g/mol. The molecule has 1 amide bonds. The van der Waals surface area contributed by atoms with Crippen LogP contribution in [0.25, 0.3) is 5.69 Å². The molecular weight excluding hydrogens is 350 g/mol. The predicted octanol–water partition coefficient (Wildman–Crippen LogP) is 3.30. The largest absolute Gasteiger partial charge is 0.444 e. The van der Waals surface area contributed by atoms with Crippen molar-refractivity contribution in [2.24, 2.45) is 0 Å². The number of tetrazole rings is 1. The molecule has 0 saturated carbocycles. The molecular formula is C15H18ClN5O2S. The van der Waals surface area contributed by atoms with E-state index in [0.29, 0.717) is 22.5 Å². The molecule has 2 aromatic rings. The van der Waals surface area contributed by atoms with Crippen molar-refractivity contribution in [3.8, 4) is 5.69 Å². The molecule has 1 aliphatic heterocycles. The summed E-state index contributed by atoms with van der Waals surface area (Å²) in [5.41, 5.74) is 0.177. The third-order valence-electron chi connectivity index (χ3n) is 3.28. The van der Waals surface area contributed by atoms with E-state index in [1.165, 1.54) is 4.80 Å². The molecule has 1 aromatic heterocycles. The second kappa shape index (κ2) is 6.60. The van der Waals surface area contributed by atoms with Crippen LogP contribution < -0.4 is 0 Å². The van der Waals surface area contributed by atoms with E-state index in [4.69, 9.17) is 16.3 Å². The fourth-order valence-electron chi connectivity index (χ4n) is 2.23. The number of carbonyl (C=O) groups is 1. The molecule has 1 aromatic carbocycles. The van der Waals surface area contributed by atoms with E-state index in [1.807, 2.05) is 32.9 Å². The lowest BCUT2D eigenvalue weighted by Gasteiger charge is -2.26. The van der Waals surface area contributed by atoms with Crippen molar-refractivity contribution in [2.45, 2.75) is 32.4 Å². The molecule has 2 heterocycles. The van der Waals surface area contributed by atoms with Crippen molar-refractivity contribution in [3.05, 3.63) is 35.1 Å². The Morgan fingerprint density at radius 3 is 2.92 bits per heavy atom. The van der Waals surface area contributed by atoms with Crippen LogP contribution in [0.4, 0.5) is 4.79 Å². The maximum absolute atomic E-state index is 12.4. The Labute approximate surface area is 149 Å². The highest BCUT2D eigenvalue weighted by Gasteiger charge is 2.36. The second-order valence-corrected chi connectivity index (χ2v) is 7.82. The molecule has 24 heavy (non-hydrogen) atoms. The van der Waals surface area contributed by atoms with Gasteiger partial charge in [0.25, 0.3) is 0 Å². The van der Waals surface area contributed by atoms with Crippen molar-refractivity contribution in [1.29, 1.82) is 0 Å². The Bertz CT molecular complexity index is 745. The maximum atomic E-state index is 12.4. The van der Waals surface area contributed by atoms with E-state index in [-0.39, 0.29) is 12.1 Å². The predicted molar refractivity (Wildman–Crippen MR) is 92.3 cm³/mol. The van der Waals surface area contributed by atoms with E-state index >= 15 is 0 Å². The summed E-state index contributed by atoms with van der Waals surface area (Å²) in [6, 6.07) is 6.94. The number of nitrogens with zero attached hydrogens (tertiary/aromatic N) is 5. The summed E-state index contributed by atoms with van der Waals surface area (Å²) in [5.74, 6) is 1.75. The molecule has 1 atom stereocenters. The van der Waals surface area contributed by atoms with Crippen LogP contribution in [0.2, 0.25) is 5.02 Å². The summed E-state index contributed by atoms with van der Waals surface area (Å²) in [7, 11) is 0. The summed E-state index contributed by atoms with van der Waals surface area (Å²) in [6.45, 7) is 5.53. The van der Waals surface area contributed by atoms with Gasteiger partial charge in [0.2, 0.25) is 0 Å². The second-order valence-electron chi connectivity index (χ2n) is 6.38. The van der Waals surface area contributed by atoms with Crippen molar-refractivity contribution in [3.63, 3.8) is 0 Å². The third kappa shape index (κ3) is 3.81. The molecule has 7 nitrogen and oxygen atoms in total. The van der Waals surface area contributed by atoms with Crippen LogP contribution in [0.5, 0.6) is 0 Å². The van der Waals surface area contributed by atoms with Crippen LogP contribution >= 0.6 is 23.4 Å². The number of thioether (sulfide) groups is 1. The van der Waals surface area contributed by atoms with Crippen LogP contribution in [0.15, 0.2) is 24.3 Å². The van der Waals surface area contributed by atoms with E-state index in [9.17, 15) is 4.79 Å². The van der Waals surface area contributed by atoms with Gasteiger partial charge in [0.05, 0.1) is 11.6 Å². The first kappa shape index (κ1) is 17.0. The molecule has 0 aliphatic carbocycles. The average molecular weight is 368 g/mol. The quantitative estimate of drug-likeness (QED) is 0.810. The lowest BCUT2D eigenvalue weighted by atomic mass is 10.2. The molecule has 9 heteroatoms. The number of hydrogen-bond donors (Lipinski definition) is 0. The Hall–Kier alpha value is -1.80. The number of carbonyl (C=O) groups excluding carboxylic acids is 1. The number of benzene rings is 1. The standard InChI is InChI=1S/C15H18ClN5O2S/c1-15(2,3)23-14(22)20-9-24-8-12(20)13-17-19-21(18-13)11-6-4-5-10(16)7-11/h4-7,12H,8-9H2,1-3H3. The minimum atomic E-state index is -0.541. The zero-order valence-corrected chi connectivity index (χ0v) is 15.2. The maximum Gasteiger partial charge on any atom is 0.411 e. The van der Waals surface area contributed by atoms with Gasteiger partial charge in [-0.3, -0.25) is 4.90 Å². The third-order valence-corrected chi connectivity index (χ3v) is 4.52. The van der Waals surface area contributed by atoms with Gasteiger partial charge in [0.1, 0.15) is 11.6 Å². The Morgan fingerprint density at radius 1 is 1.42 bits per heavy atom. The molecule has 1 saturated heterocycles. The molecule has 0 bridgehead atoms. The summed E-state index contributed by atoms with van der Waals surface area (Å²) < 4.78 is 5.45. The first-order chi connectivity index (χ1) is 11.3.